The number of carbonyl (C=O) groups is 2. The zero-order valence-electron chi connectivity index (χ0n) is 15.3. The first kappa shape index (κ1) is 17.9. The van der Waals surface area contributed by atoms with Crippen LogP contribution in [0.5, 0.6) is 0 Å². The lowest BCUT2D eigenvalue weighted by molar-refractivity contribution is 0.0469. The summed E-state index contributed by atoms with van der Waals surface area (Å²) in [7, 11) is 0. The van der Waals surface area contributed by atoms with Crippen molar-refractivity contribution in [2.45, 2.75) is 33.6 Å². The van der Waals surface area contributed by atoms with Gasteiger partial charge in [-0.05, 0) is 54.7 Å². The van der Waals surface area contributed by atoms with E-state index in [4.69, 9.17) is 4.74 Å². The normalized spacial score (nSPS) is 10.9. The van der Waals surface area contributed by atoms with Gasteiger partial charge in [0.1, 0.15) is 5.65 Å². The number of hydrogen-bond acceptors (Lipinski definition) is 4. The Balaban J connectivity index is 1.73. The second-order valence-electron chi connectivity index (χ2n) is 6.29. The second kappa shape index (κ2) is 7.52. The van der Waals surface area contributed by atoms with E-state index < -0.39 is 5.97 Å². The molecule has 0 spiro atoms. The number of carbonyl (C=O) groups excluding carboxylic acids is 2. The Morgan fingerprint density at radius 3 is 2.65 bits per heavy atom. The molecule has 0 saturated heterocycles. The summed E-state index contributed by atoms with van der Waals surface area (Å²) in [6, 6.07) is 9.70. The van der Waals surface area contributed by atoms with Crippen LogP contribution >= 0.6 is 0 Å². The van der Waals surface area contributed by atoms with Gasteiger partial charge in [0.05, 0.1) is 0 Å². The predicted molar refractivity (Wildman–Crippen MR) is 99.7 cm³/mol. The minimum absolute atomic E-state index is 0.190. The molecule has 0 aliphatic carbocycles. The Kier molecular flexibility index (Phi) is 5.16. The number of pyridine rings is 1. The first-order chi connectivity index (χ1) is 12.5. The van der Waals surface area contributed by atoms with E-state index in [9.17, 15) is 9.59 Å². The number of Topliss-reactive ketones (excluding diaryl/α,β-unsaturated/α-hetero) is 1. The molecule has 0 N–H and O–H groups in total. The van der Waals surface area contributed by atoms with Crippen molar-refractivity contribution in [1.29, 1.82) is 0 Å². The Morgan fingerprint density at radius 2 is 1.92 bits per heavy atom. The van der Waals surface area contributed by atoms with Crippen LogP contribution in [-0.4, -0.2) is 27.7 Å². The highest BCUT2D eigenvalue weighted by Gasteiger charge is 2.17. The Labute approximate surface area is 152 Å². The van der Waals surface area contributed by atoms with Crippen molar-refractivity contribution in [3.8, 4) is 0 Å². The molecule has 5 nitrogen and oxygen atoms in total. The fourth-order valence-corrected chi connectivity index (χ4v) is 2.88. The maximum Gasteiger partial charge on any atom is 0.359 e. The number of fused-ring (bicyclic) bond motifs is 1. The summed E-state index contributed by atoms with van der Waals surface area (Å²) in [5.74, 6) is -0.783. The van der Waals surface area contributed by atoms with Gasteiger partial charge in [-0.1, -0.05) is 26.0 Å². The summed E-state index contributed by atoms with van der Waals surface area (Å²) < 4.78 is 6.97. The van der Waals surface area contributed by atoms with Gasteiger partial charge in [-0.3, -0.25) is 4.79 Å². The topological polar surface area (TPSA) is 60.7 Å². The minimum atomic E-state index is -0.593. The van der Waals surface area contributed by atoms with Crippen LogP contribution in [0.3, 0.4) is 0 Å². The number of nitrogens with zero attached hydrogens (tertiary/aromatic N) is 2. The molecule has 0 aliphatic rings. The highest BCUT2D eigenvalue weighted by molar-refractivity contribution is 6.00. The molecule has 0 radical (unpaired) electrons. The van der Waals surface area contributed by atoms with Crippen molar-refractivity contribution in [3.05, 3.63) is 70.7 Å². The van der Waals surface area contributed by atoms with Gasteiger partial charge < -0.3 is 9.14 Å². The average molecular weight is 350 g/mol. The van der Waals surface area contributed by atoms with Crippen molar-refractivity contribution in [3.63, 3.8) is 0 Å². The van der Waals surface area contributed by atoms with E-state index in [1.165, 1.54) is 0 Å². The fourth-order valence-electron chi connectivity index (χ4n) is 2.88. The predicted octanol–water partition coefficient (Wildman–Crippen LogP) is 3.81. The lowest BCUT2D eigenvalue weighted by atomic mass is 9.98. The number of aryl methyl sites for hydroxylation is 3. The second-order valence-corrected chi connectivity index (χ2v) is 6.29. The van der Waals surface area contributed by atoms with Crippen molar-refractivity contribution < 1.29 is 14.3 Å². The molecule has 0 fully saturated rings. The lowest BCUT2D eigenvalue weighted by Gasteiger charge is -2.09. The lowest BCUT2D eigenvalue weighted by Crippen LogP contribution is -2.16. The Bertz CT molecular complexity index is 973. The van der Waals surface area contributed by atoms with Gasteiger partial charge in [0, 0.05) is 18.0 Å². The highest BCUT2D eigenvalue weighted by Crippen LogP contribution is 2.15. The third-order valence-corrected chi connectivity index (χ3v) is 4.42. The summed E-state index contributed by atoms with van der Waals surface area (Å²) in [6.45, 7) is 5.72. The molecule has 3 aromatic rings. The molecule has 2 heterocycles. The van der Waals surface area contributed by atoms with E-state index in [1.54, 1.807) is 10.6 Å². The number of hydrogen-bond donors (Lipinski definition) is 0. The summed E-state index contributed by atoms with van der Waals surface area (Å²) in [5, 5.41) is 0. The number of ether oxygens (including phenoxy) is 1. The van der Waals surface area contributed by atoms with Crippen LogP contribution in [0.15, 0.2) is 42.7 Å². The first-order valence-electron chi connectivity index (χ1n) is 8.79. The van der Waals surface area contributed by atoms with Crippen LogP contribution in [0.1, 0.15) is 51.4 Å². The number of imidazole rings is 1. The quantitative estimate of drug-likeness (QED) is 0.501. The molecule has 3 rings (SSSR count). The third kappa shape index (κ3) is 3.67. The van der Waals surface area contributed by atoms with Gasteiger partial charge in [-0.2, -0.15) is 0 Å². The number of esters is 1. The maximum absolute atomic E-state index is 12.5. The molecule has 134 valence electrons. The van der Waals surface area contributed by atoms with E-state index in [2.05, 4.69) is 4.98 Å². The van der Waals surface area contributed by atoms with Gasteiger partial charge >= 0.3 is 5.97 Å². The van der Waals surface area contributed by atoms with Crippen LogP contribution in [0.4, 0.5) is 0 Å². The van der Waals surface area contributed by atoms with Crippen molar-refractivity contribution in [1.82, 2.24) is 9.38 Å². The molecule has 2 aromatic heterocycles. The number of ketones is 1. The Morgan fingerprint density at radius 1 is 1.12 bits per heavy atom. The molecule has 0 saturated carbocycles. The van der Waals surface area contributed by atoms with Crippen LogP contribution in [0.2, 0.25) is 0 Å². The molecule has 26 heavy (non-hydrogen) atoms. The van der Waals surface area contributed by atoms with Crippen molar-refractivity contribution in [2.24, 2.45) is 0 Å². The van der Waals surface area contributed by atoms with Gasteiger partial charge in [-0.25, -0.2) is 9.78 Å². The Hall–Kier alpha value is -2.95. The van der Waals surface area contributed by atoms with Gasteiger partial charge in [0.25, 0.3) is 0 Å². The molecule has 0 unspecified atom stereocenters. The number of aromatic nitrogens is 2. The summed E-state index contributed by atoms with van der Waals surface area (Å²) in [6.07, 6.45) is 5.05. The van der Waals surface area contributed by atoms with E-state index in [-0.39, 0.29) is 18.1 Å². The van der Waals surface area contributed by atoms with Crippen molar-refractivity contribution in [2.75, 3.05) is 6.61 Å². The standard InChI is InChI=1S/C21H22N2O3/c1-4-15-6-7-16(5-2)17(11-15)19(24)13-26-21(25)18-12-23-9-8-14(3)10-20(23)22-18/h6-12H,4-5,13H2,1-3H3. The monoisotopic (exact) mass is 350 g/mol. The molecule has 1 aromatic carbocycles. The first-order valence-corrected chi connectivity index (χ1v) is 8.79. The van der Waals surface area contributed by atoms with E-state index >= 15 is 0 Å². The molecule has 0 amide bonds. The van der Waals surface area contributed by atoms with Gasteiger partial charge in [-0.15, -0.1) is 0 Å². The SMILES string of the molecule is CCc1ccc(CC)c(C(=O)COC(=O)c2cn3ccc(C)cc3n2)c1. The fraction of sp³-hybridized carbons (Fsp3) is 0.286. The summed E-state index contributed by atoms with van der Waals surface area (Å²) in [5.41, 5.74) is 4.61. The van der Waals surface area contributed by atoms with Gasteiger partial charge in [0.2, 0.25) is 5.78 Å². The van der Waals surface area contributed by atoms with Gasteiger partial charge in [0.15, 0.2) is 12.3 Å². The van der Waals surface area contributed by atoms with E-state index in [0.29, 0.717) is 11.2 Å². The van der Waals surface area contributed by atoms with E-state index in [0.717, 1.165) is 29.5 Å². The molecule has 0 bridgehead atoms. The summed E-state index contributed by atoms with van der Waals surface area (Å²) >= 11 is 0. The molecule has 5 heteroatoms. The average Bonchev–Trinajstić information content (AvgIpc) is 3.08. The third-order valence-electron chi connectivity index (χ3n) is 4.42. The van der Waals surface area contributed by atoms with Crippen LogP contribution in [-0.2, 0) is 17.6 Å². The number of benzene rings is 1. The zero-order valence-corrected chi connectivity index (χ0v) is 15.3. The van der Waals surface area contributed by atoms with Crippen LogP contribution in [0, 0.1) is 6.92 Å². The molecular weight excluding hydrogens is 328 g/mol. The molecular formula is C21H22N2O3. The highest BCUT2D eigenvalue weighted by atomic mass is 16.5. The largest absolute Gasteiger partial charge is 0.453 e. The summed E-state index contributed by atoms with van der Waals surface area (Å²) in [4.78, 5) is 29.1. The smallest absolute Gasteiger partial charge is 0.359 e. The van der Waals surface area contributed by atoms with Crippen molar-refractivity contribution >= 4 is 17.4 Å². The zero-order chi connectivity index (χ0) is 18.7. The maximum atomic E-state index is 12.5. The van der Waals surface area contributed by atoms with Crippen LogP contribution < -0.4 is 0 Å². The number of rotatable bonds is 6. The molecule has 0 aliphatic heterocycles. The van der Waals surface area contributed by atoms with E-state index in [1.807, 2.05) is 57.3 Å². The minimum Gasteiger partial charge on any atom is -0.453 e. The molecule has 0 atom stereocenters. The van der Waals surface area contributed by atoms with Crippen LogP contribution in [0.25, 0.3) is 5.65 Å².